The van der Waals surface area contributed by atoms with Gasteiger partial charge in [0.25, 0.3) is 0 Å². The first-order valence-electron chi connectivity index (χ1n) is 10.4. The van der Waals surface area contributed by atoms with Crippen LogP contribution in [0.3, 0.4) is 0 Å². The van der Waals surface area contributed by atoms with Crippen molar-refractivity contribution in [1.82, 2.24) is 0 Å². The molecule has 0 spiro atoms. The second-order valence-electron chi connectivity index (χ2n) is 10.9. The van der Waals surface area contributed by atoms with Crippen molar-refractivity contribution in [2.45, 2.75) is 67.2 Å². The van der Waals surface area contributed by atoms with Gasteiger partial charge >= 0.3 is 5.97 Å². The van der Waals surface area contributed by atoms with Crippen LogP contribution in [0.15, 0.2) is 11.6 Å². The Labute approximate surface area is 162 Å². The largest absolute Gasteiger partial charge is 0.462 e. The smallest absolute Gasteiger partial charge is 0.331 e. The lowest BCUT2D eigenvalue weighted by Gasteiger charge is -2.32. The first-order valence-corrected chi connectivity index (χ1v) is 10.4. The van der Waals surface area contributed by atoms with Crippen LogP contribution in [-0.2, 0) is 19.1 Å². The Morgan fingerprint density at radius 2 is 1.63 bits per heavy atom. The van der Waals surface area contributed by atoms with Gasteiger partial charge in [-0.2, -0.15) is 0 Å². The third kappa shape index (κ3) is 2.08. The molecule has 4 heteroatoms. The molecule has 0 aromatic heterocycles. The van der Waals surface area contributed by atoms with E-state index in [9.17, 15) is 14.4 Å². The summed E-state index contributed by atoms with van der Waals surface area (Å²) in [5.41, 5.74) is -0.200. The quantitative estimate of drug-likeness (QED) is 0.552. The topological polar surface area (TPSA) is 60.4 Å². The van der Waals surface area contributed by atoms with E-state index in [4.69, 9.17) is 4.74 Å². The van der Waals surface area contributed by atoms with Gasteiger partial charge in [0.15, 0.2) is 5.78 Å². The van der Waals surface area contributed by atoms with Gasteiger partial charge in [-0.3, -0.25) is 9.59 Å². The fourth-order valence-electron chi connectivity index (χ4n) is 6.90. The Morgan fingerprint density at radius 1 is 1.00 bits per heavy atom. The van der Waals surface area contributed by atoms with Crippen LogP contribution in [0.25, 0.3) is 0 Å². The average Bonchev–Trinajstić information content (AvgIpc) is 3.06. The molecule has 0 radical (unpaired) electrons. The van der Waals surface area contributed by atoms with Crippen molar-refractivity contribution in [3.63, 3.8) is 0 Å². The van der Waals surface area contributed by atoms with Crippen molar-refractivity contribution in [2.75, 3.05) is 6.61 Å². The summed E-state index contributed by atoms with van der Waals surface area (Å²) in [6.45, 7) is 12.8. The molecular weight excluding hydrogens is 340 g/mol. The number of hydrogen-bond acceptors (Lipinski definition) is 4. The van der Waals surface area contributed by atoms with Crippen LogP contribution < -0.4 is 0 Å². The molecule has 0 aromatic rings. The second kappa shape index (κ2) is 5.33. The summed E-state index contributed by atoms with van der Waals surface area (Å²) in [5, 5.41) is 0. The van der Waals surface area contributed by atoms with Crippen LogP contribution in [0.2, 0.25) is 0 Å². The summed E-state index contributed by atoms with van der Waals surface area (Å²) in [6, 6.07) is 0. The molecular formula is C23H32O4. The number of esters is 1. The van der Waals surface area contributed by atoms with E-state index in [2.05, 4.69) is 34.6 Å². The predicted octanol–water partition coefficient (Wildman–Crippen LogP) is 4.12. The number of carbonyl (C=O) groups is 3. The van der Waals surface area contributed by atoms with E-state index in [0.717, 1.165) is 25.7 Å². The van der Waals surface area contributed by atoms with Crippen molar-refractivity contribution >= 4 is 17.5 Å². The molecule has 4 fully saturated rings. The van der Waals surface area contributed by atoms with Crippen LogP contribution in [-0.4, -0.2) is 24.1 Å². The minimum atomic E-state index is -0.469. The lowest BCUT2D eigenvalue weighted by molar-refractivity contribution is -0.143. The Hall–Kier alpha value is -1.45. The summed E-state index contributed by atoms with van der Waals surface area (Å²) < 4.78 is 5.52. The fraction of sp³-hybridized carbons (Fsp3) is 0.783. The Balaban J connectivity index is 1.47. The summed E-state index contributed by atoms with van der Waals surface area (Å²) in [5.74, 6) is 0.0794. The normalized spacial score (nSPS) is 45.1. The van der Waals surface area contributed by atoms with Crippen molar-refractivity contribution in [3.8, 4) is 0 Å². The van der Waals surface area contributed by atoms with Gasteiger partial charge in [0.2, 0.25) is 0 Å². The van der Waals surface area contributed by atoms with E-state index >= 15 is 0 Å². The standard InChI is InChI=1S/C23H32O4/c1-20(2)15-7-9-22(20,5)18(25)13(15)11-17(24)27-12-14-16-8-10-23(6,19(14)26)21(16,3)4/h11,14-16H,7-10,12H2,1-6H3/b13-11-/t14-,15-,16+,22+,23+/m0/s1. The third-order valence-corrected chi connectivity index (χ3v) is 9.71. The fourth-order valence-corrected chi connectivity index (χ4v) is 6.90. The molecule has 4 aliphatic rings. The maximum Gasteiger partial charge on any atom is 0.331 e. The van der Waals surface area contributed by atoms with Crippen molar-refractivity contribution in [2.24, 2.45) is 39.4 Å². The van der Waals surface area contributed by atoms with Gasteiger partial charge in [0.05, 0.1) is 5.92 Å². The predicted molar refractivity (Wildman–Crippen MR) is 102 cm³/mol. The van der Waals surface area contributed by atoms with Gasteiger partial charge in [0.1, 0.15) is 12.4 Å². The molecule has 0 amide bonds. The Kier molecular flexibility index (Phi) is 3.73. The van der Waals surface area contributed by atoms with Gasteiger partial charge in [-0.1, -0.05) is 41.5 Å². The highest BCUT2D eigenvalue weighted by Crippen LogP contribution is 2.66. The van der Waals surface area contributed by atoms with Gasteiger partial charge in [-0.05, 0) is 48.3 Å². The molecule has 0 unspecified atom stereocenters. The van der Waals surface area contributed by atoms with Crippen molar-refractivity contribution in [1.29, 1.82) is 0 Å². The maximum atomic E-state index is 12.9. The average molecular weight is 373 g/mol. The Morgan fingerprint density at radius 3 is 2.15 bits per heavy atom. The molecule has 27 heavy (non-hydrogen) atoms. The zero-order valence-electron chi connectivity index (χ0n) is 17.5. The van der Waals surface area contributed by atoms with Gasteiger partial charge < -0.3 is 4.74 Å². The second-order valence-corrected chi connectivity index (χ2v) is 10.9. The molecule has 0 aromatic carbocycles. The minimum Gasteiger partial charge on any atom is -0.462 e. The summed E-state index contributed by atoms with van der Waals surface area (Å²) in [4.78, 5) is 38.2. The molecule has 0 saturated heterocycles. The zero-order valence-corrected chi connectivity index (χ0v) is 17.5. The molecule has 4 saturated carbocycles. The lowest BCUT2D eigenvalue weighted by Crippen LogP contribution is -2.34. The van der Waals surface area contributed by atoms with E-state index in [1.165, 1.54) is 6.08 Å². The zero-order chi connectivity index (χ0) is 20.0. The number of fused-ring (bicyclic) bond motifs is 4. The molecule has 4 nitrogen and oxygen atoms in total. The molecule has 0 N–H and O–H groups in total. The van der Waals surface area contributed by atoms with Gasteiger partial charge in [0, 0.05) is 22.5 Å². The molecule has 5 atom stereocenters. The van der Waals surface area contributed by atoms with Crippen LogP contribution in [0, 0.1) is 39.4 Å². The molecule has 148 valence electrons. The maximum absolute atomic E-state index is 12.9. The highest BCUT2D eigenvalue weighted by molar-refractivity contribution is 6.08. The van der Waals surface area contributed by atoms with E-state index in [1.54, 1.807) is 0 Å². The summed E-state index contributed by atoms with van der Waals surface area (Å²) in [6.07, 6.45) is 5.21. The number of allylic oxidation sites excluding steroid dienone is 1. The number of carbonyl (C=O) groups excluding carboxylic acids is 3. The van der Waals surface area contributed by atoms with Crippen LogP contribution in [0.5, 0.6) is 0 Å². The molecule has 0 heterocycles. The monoisotopic (exact) mass is 372 g/mol. The number of ether oxygens (including phenoxy) is 1. The van der Waals surface area contributed by atoms with Crippen LogP contribution in [0.1, 0.15) is 67.2 Å². The van der Waals surface area contributed by atoms with Crippen LogP contribution >= 0.6 is 0 Å². The van der Waals surface area contributed by atoms with Gasteiger partial charge in [-0.15, -0.1) is 0 Å². The molecule has 4 rings (SSSR count). The highest BCUT2D eigenvalue weighted by Gasteiger charge is 2.66. The lowest BCUT2D eigenvalue weighted by atomic mass is 9.70. The van der Waals surface area contributed by atoms with Crippen molar-refractivity contribution < 1.29 is 19.1 Å². The highest BCUT2D eigenvalue weighted by atomic mass is 16.5. The minimum absolute atomic E-state index is 0.0428. The molecule has 4 aliphatic carbocycles. The van der Waals surface area contributed by atoms with Crippen molar-refractivity contribution in [3.05, 3.63) is 11.6 Å². The third-order valence-electron chi connectivity index (χ3n) is 9.71. The number of hydrogen-bond donors (Lipinski definition) is 0. The SMILES string of the molecule is CC1(C)[C@@H]2CC[C@]1(C)C(=O)[C@H]2COC(=O)/C=C1\C(=O)[C@@]2(C)CC[C@@H]1C2(C)C. The van der Waals surface area contributed by atoms with E-state index in [0.29, 0.717) is 5.57 Å². The number of rotatable bonds is 3. The summed E-state index contributed by atoms with van der Waals surface area (Å²) in [7, 11) is 0. The first kappa shape index (κ1) is 18.9. The molecule has 0 aliphatic heterocycles. The van der Waals surface area contributed by atoms with Crippen LogP contribution in [0.4, 0.5) is 0 Å². The summed E-state index contributed by atoms with van der Waals surface area (Å²) >= 11 is 0. The molecule has 4 bridgehead atoms. The number of Topliss-reactive ketones (excluding diaryl/α,β-unsaturated/α-hetero) is 2. The van der Waals surface area contributed by atoms with E-state index in [1.807, 2.05) is 6.92 Å². The van der Waals surface area contributed by atoms with Gasteiger partial charge in [-0.25, -0.2) is 4.79 Å². The van der Waals surface area contributed by atoms with E-state index < -0.39 is 5.97 Å². The first-order chi connectivity index (χ1) is 12.4. The van der Waals surface area contributed by atoms with E-state index in [-0.39, 0.29) is 57.6 Å². The number of ketones is 2. The Bertz CT molecular complexity index is 773.